The number of aromatic amines is 2. The van der Waals surface area contributed by atoms with E-state index in [0.29, 0.717) is 39.5 Å². The summed E-state index contributed by atoms with van der Waals surface area (Å²) in [4.78, 5) is 29.2. The molecule has 1 fully saturated rings. The molecular formula is C27H20N8O2. The Hall–Kier alpha value is -5.30. The number of hydrogen-bond acceptors (Lipinski definition) is 6. The first-order chi connectivity index (χ1) is 18.1. The van der Waals surface area contributed by atoms with Crippen LogP contribution < -0.4 is 10.6 Å². The highest BCUT2D eigenvalue weighted by atomic mass is 16.2. The minimum atomic E-state index is -0.391. The van der Waals surface area contributed by atoms with Gasteiger partial charge in [0.25, 0.3) is 5.91 Å². The van der Waals surface area contributed by atoms with E-state index >= 15 is 0 Å². The van der Waals surface area contributed by atoms with Crippen molar-refractivity contribution >= 4 is 34.1 Å². The highest BCUT2D eigenvalue weighted by molar-refractivity contribution is 6.10. The maximum absolute atomic E-state index is 13.2. The molecule has 0 radical (unpaired) electrons. The third-order valence-electron chi connectivity index (χ3n) is 6.51. The van der Waals surface area contributed by atoms with Crippen molar-refractivity contribution in [2.24, 2.45) is 5.92 Å². The first-order valence-corrected chi connectivity index (χ1v) is 11.7. The molecule has 3 aromatic carbocycles. The number of anilines is 2. The van der Waals surface area contributed by atoms with Gasteiger partial charge in [0.15, 0.2) is 5.82 Å². The van der Waals surface area contributed by atoms with Gasteiger partial charge in [0, 0.05) is 16.9 Å². The summed E-state index contributed by atoms with van der Waals surface area (Å²) in [7, 11) is 0. The van der Waals surface area contributed by atoms with Crippen molar-refractivity contribution < 1.29 is 9.59 Å². The van der Waals surface area contributed by atoms with Crippen LogP contribution in [0.4, 0.5) is 11.4 Å². The van der Waals surface area contributed by atoms with E-state index in [1.807, 2.05) is 48.5 Å². The van der Waals surface area contributed by atoms with Gasteiger partial charge in [-0.15, -0.1) is 5.10 Å². The summed E-state index contributed by atoms with van der Waals surface area (Å²) in [5, 5.41) is 29.6. The Kier molecular flexibility index (Phi) is 5.43. The molecule has 6 rings (SSSR count). The SMILES string of the molecule is N#Cc1ccc(NC(=O)c2cc3cccc(NC(=O)C4CC4c4ccccc4)c3[nH]2)c(-c2nnn[nH]2)c1. The monoisotopic (exact) mass is 488 g/mol. The number of para-hydroxylation sites is 1. The Morgan fingerprint density at radius 1 is 0.973 bits per heavy atom. The van der Waals surface area contributed by atoms with Crippen molar-refractivity contribution in [1.29, 1.82) is 5.26 Å². The summed E-state index contributed by atoms with van der Waals surface area (Å²) in [5.41, 5.74) is 4.10. The van der Waals surface area contributed by atoms with Crippen molar-refractivity contribution in [2.45, 2.75) is 12.3 Å². The van der Waals surface area contributed by atoms with Gasteiger partial charge in [0.2, 0.25) is 5.91 Å². The van der Waals surface area contributed by atoms with E-state index in [0.717, 1.165) is 11.8 Å². The fourth-order valence-corrected chi connectivity index (χ4v) is 4.54. The minimum Gasteiger partial charge on any atom is -0.349 e. The van der Waals surface area contributed by atoms with Crippen LogP contribution in [0, 0.1) is 17.2 Å². The molecule has 0 bridgehead atoms. The van der Waals surface area contributed by atoms with E-state index in [9.17, 15) is 14.9 Å². The normalized spacial score (nSPS) is 16.2. The quantitative estimate of drug-likeness (QED) is 0.281. The first-order valence-electron chi connectivity index (χ1n) is 11.7. The van der Waals surface area contributed by atoms with E-state index in [2.05, 4.69) is 42.3 Å². The van der Waals surface area contributed by atoms with Crippen LogP contribution in [0.25, 0.3) is 22.3 Å². The van der Waals surface area contributed by atoms with E-state index in [1.165, 1.54) is 5.56 Å². The van der Waals surface area contributed by atoms with Gasteiger partial charge in [-0.1, -0.05) is 42.5 Å². The van der Waals surface area contributed by atoms with Crippen LogP contribution in [-0.2, 0) is 4.79 Å². The Balaban J connectivity index is 1.22. The number of carbonyl (C=O) groups excluding carboxylic acids is 2. The zero-order chi connectivity index (χ0) is 25.4. The number of benzene rings is 3. The maximum atomic E-state index is 13.2. The molecule has 1 aliphatic carbocycles. The van der Waals surface area contributed by atoms with Crippen LogP contribution in [0.1, 0.15) is 34.0 Å². The number of hydrogen-bond donors (Lipinski definition) is 4. The molecule has 1 aliphatic rings. The summed E-state index contributed by atoms with van der Waals surface area (Å²) in [6.45, 7) is 0. The van der Waals surface area contributed by atoms with E-state index in [4.69, 9.17) is 0 Å². The van der Waals surface area contributed by atoms with Gasteiger partial charge in [-0.25, -0.2) is 5.10 Å². The second-order valence-corrected chi connectivity index (χ2v) is 8.88. The number of carbonyl (C=O) groups is 2. The molecule has 2 amide bonds. The second-order valence-electron chi connectivity index (χ2n) is 8.88. The summed E-state index contributed by atoms with van der Waals surface area (Å²) >= 11 is 0. The molecular weight excluding hydrogens is 468 g/mol. The van der Waals surface area contributed by atoms with E-state index in [-0.39, 0.29) is 17.7 Å². The predicted molar refractivity (Wildman–Crippen MR) is 137 cm³/mol. The average molecular weight is 489 g/mol. The topological polar surface area (TPSA) is 152 Å². The molecule has 2 heterocycles. The van der Waals surface area contributed by atoms with Gasteiger partial charge >= 0.3 is 0 Å². The standard InChI is InChI=1S/C27H20N8O2/c28-14-15-9-10-21(20(11-15)25-32-34-35-33-25)30-27(37)23-12-17-7-4-8-22(24(17)29-23)31-26(36)19-13-18(19)16-5-2-1-3-6-16/h1-12,18-19,29H,13H2,(H,30,37)(H,31,36)(H,32,33,34,35). The number of H-pyrrole nitrogens is 2. The average Bonchev–Trinajstić information content (AvgIpc) is 3.31. The Labute approximate surface area is 210 Å². The third kappa shape index (κ3) is 4.30. The molecule has 1 saturated carbocycles. The molecule has 0 saturated heterocycles. The number of nitriles is 1. The summed E-state index contributed by atoms with van der Waals surface area (Å²) in [6, 6.07) is 24.2. The predicted octanol–water partition coefficient (Wildman–Crippen LogP) is 4.21. The van der Waals surface area contributed by atoms with Crippen LogP contribution in [0.5, 0.6) is 0 Å². The van der Waals surface area contributed by atoms with Crippen LogP contribution in [0.3, 0.4) is 0 Å². The first kappa shape index (κ1) is 22.2. The molecule has 2 aromatic heterocycles. The lowest BCUT2D eigenvalue weighted by atomic mass is 10.1. The lowest BCUT2D eigenvalue weighted by Crippen LogP contribution is -2.15. The van der Waals surface area contributed by atoms with Crippen molar-refractivity contribution in [3.8, 4) is 17.5 Å². The summed E-state index contributed by atoms with van der Waals surface area (Å²) in [6.07, 6.45) is 0.817. The van der Waals surface area contributed by atoms with Crippen molar-refractivity contribution in [1.82, 2.24) is 25.6 Å². The number of nitrogens with zero attached hydrogens (tertiary/aromatic N) is 4. The molecule has 0 spiro atoms. The van der Waals surface area contributed by atoms with Crippen LogP contribution in [-0.4, -0.2) is 37.4 Å². The molecule has 180 valence electrons. The maximum Gasteiger partial charge on any atom is 0.272 e. The van der Waals surface area contributed by atoms with Gasteiger partial charge in [-0.05, 0) is 58.7 Å². The number of aromatic nitrogens is 5. The smallest absolute Gasteiger partial charge is 0.272 e. The lowest BCUT2D eigenvalue weighted by molar-refractivity contribution is -0.117. The molecule has 2 unspecified atom stereocenters. The van der Waals surface area contributed by atoms with Crippen LogP contribution >= 0.6 is 0 Å². The van der Waals surface area contributed by atoms with Gasteiger partial charge in [-0.3, -0.25) is 9.59 Å². The fourth-order valence-electron chi connectivity index (χ4n) is 4.54. The molecule has 10 heteroatoms. The highest BCUT2D eigenvalue weighted by Crippen LogP contribution is 2.48. The number of tetrazole rings is 1. The Morgan fingerprint density at radius 2 is 1.84 bits per heavy atom. The molecule has 0 aliphatic heterocycles. The molecule has 4 N–H and O–H groups in total. The molecule has 2 atom stereocenters. The number of fused-ring (bicyclic) bond motifs is 1. The molecule has 5 aromatic rings. The fraction of sp³-hybridized carbons (Fsp3) is 0.111. The van der Waals surface area contributed by atoms with Gasteiger partial charge in [0.05, 0.1) is 28.5 Å². The molecule has 10 nitrogen and oxygen atoms in total. The second kappa shape index (κ2) is 9.05. The van der Waals surface area contributed by atoms with E-state index in [1.54, 1.807) is 24.3 Å². The van der Waals surface area contributed by atoms with Crippen molar-refractivity contribution in [2.75, 3.05) is 10.6 Å². The number of nitrogens with one attached hydrogen (secondary N) is 4. The Morgan fingerprint density at radius 3 is 2.62 bits per heavy atom. The van der Waals surface area contributed by atoms with Crippen LogP contribution in [0.15, 0.2) is 72.8 Å². The zero-order valence-electron chi connectivity index (χ0n) is 19.4. The molecule has 37 heavy (non-hydrogen) atoms. The summed E-state index contributed by atoms with van der Waals surface area (Å²) in [5.74, 6) is 0.0494. The highest BCUT2D eigenvalue weighted by Gasteiger charge is 2.43. The van der Waals surface area contributed by atoms with Gasteiger partial charge in [-0.2, -0.15) is 5.26 Å². The zero-order valence-corrected chi connectivity index (χ0v) is 19.4. The number of rotatable bonds is 6. The van der Waals surface area contributed by atoms with E-state index < -0.39 is 5.91 Å². The number of amides is 2. The minimum absolute atomic E-state index is 0.0372. The van der Waals surface area contributed by atoms with Crippen molar-refractivity contribution in [3.63, 3.8) is 0 Å². The van der Waals surface area contributed by atoms with Crippen molar-refractivity contribution in [3.05, 3.63) is 89.6 Å². The van der Waals surface area contributed by atoms with Crippen LogP contribution in [0.2, 0.25) is 0 Å². The third-order valence-corrected chi connectivity index (χ3v) is 6.51. The summed E-state index contributed by atoms with van der Waals surface area (Å²) < 4.78 is 0. The Bertz CT molecular complexity index is 1670. The van der Waals surface area contributed by atoms with Gasteiger partial charge < -0.3 is 15.6 Å². The van der Waals surface area contributed by atoms with Gasteiger partial charge in [0.1, 0.15) is 5.69 Å². The lowest BCUT2D eigenvalue weighted by Gasteiger charge is -2.09. The largest absolute Gasteiger partial charge is 0.349 e.